The van der Waals surface area contributed by atoms with Gasteiger partial charge < -0.3 is 43.5 Å². The highest BCUT2D eigenvalue weighted by Gasteiger charge is 2.65. The van der Waals surface area contributed by atoms with E-state index >= 15 is 4.79 Å². The van der Waals surface area contributed by atoms with E-state index in [2.05, 4.69) is 19.6 Å². The van der Waals surface area contributed by atoms with Crippen LogP contribution in [-0.2, 0) is 27.5 Å². The highest BCUT2D eigenvalue weighted by Crippen LogP contribution is 2.62. The van der Waals surface area contributed by atoms with Gasteiger partial charge in [-0.1, -0.05) is 119 Å². The highest BCUT2D eigenvalue weighted by molar-refractivity contribution is 6.03. The fraction of sp³-hybridized carbons (Fsp3) is 0.579. The maximum atomic E-state index is 15.1. The third-order valence-electron chi connectivity index (χ3n) is 14.4. The van der Waals surface area contributed by atoms with Gasteiger partial charge in [0.2, 0.25) is 12.6 Å². The van der Waals surface area contributed by atoms with Crippen LogP contribution in [0.4, 0.5) is 9.18 Å². The molecule has 1 fully saturated rings. The van der Waals surface area contributed by atoms with Crippen molar-refractivity contribution < 1.29 is 52.7 Å². The average Bonchev–Trinajstić information content (AvgIpc) is 3.85. The van der Waals surface area contributed by atoms with Crippen molar-refractivity contribution >= 4 is 11.8 Å². The van der Waals surface area contributed by atoms with Crippen molar-refractivity contribution in [2.75, 3.05) is 39.8 Å². The summed E-state index contributed by atoms with van der Waals surface area (Å²) in [5.74, 6) is -0.191. The van der Waals surface area contributed by atoms with Gasteiger partial charge in [-0.2, -0.15) is 0 Å². The van der Waals surface area contributed by atoms with Crippen molar-refractivity contribution in [2.45, 2.75) is 154 Å². The number of hydrogen-bond acceptors (Lipinski definition) is 11. The van der Waals surface area contributed by atoms with Gasteiger partial charge >= 0.3 is 6.09 Å². The molecule has 0 aromatic heterocycles. The molecule has 7 rings (SSSR count). The van der Waals surface area contributed by atoms with E-state index in [0.29, 0.717) is 53.7 Å². The number of aliphatic hydroxyl groups is 2. The molecule has 70 heavy (non-hydrogen) atoms. The van der Waals surface area contributed by atoms with E-state index in [1.54, 1.807) is 29.2 Å². The SMILES string of the molecule is C=CCOC12Oc3ccc(OCc4ccccc4F)cc3C3C(CCCCO)C(CCCCO)C=C(C(=NOCC)CC1N(Cc1ccc4c(c1)OCO4)C(=O)OCCCCCCCCCCCC)C32. The molecule has 6 unspecified atom stereocenters. The molecular weight excluding hydrogens is 892 g/mol. The van der Waals surface area contributed by atoms with Crippen LogP contribution in [0.3, 0.4) is 0 Å². The molecule has 12 nitrogen and oxygen atoms in total. The van der Waals surface area contributed by atoms with E-state index in [4.69, 9.17) is 38.4 Å². The predicted octanol–water partition coefficient (Wildman–Crippen LogP) is 12.3. The standard InChI is InChI=1S/C57H77FN2O10/c1-4-7-8-9-10-11-12-13-14-21-33-64-56(63)60(38-41-26-28-51-52(34-41)67-40-66-51)53-37-49(59-69-6-3)46-35-42(22-17-19-30-61)45(24-18-20-31-62)54-47-36-44(65-39-43-23-15-16-25-48(43)58)27-29-50(47)70-57(53,55(46)54)68-32-5-2/h5,15-16,23,25-29,34-36,42,45,53-55,61-62H,2,4,6-14,17-22,24,30-33,37-40H2,1,3H3. The van der Waals surface area contributed by atoms with Crippen LogP contribution < -0.4 is 18.9 Å². The van der Waals surface area contributed by atoms with Crippen LogP contribution >= 0.6 is 0 Å². The zero-order valence-electron chi connectivity index (χ0n) is 41.6. The number of halogens is 1. The van der Waals surface area contributed by atoms with Gasteiger partial charge in [0.25, 0.3) is 0 Å². The zero-order chi connectivity index (χ0) is 49.1. The second-order valence-electron chi connectivity index (χ2n) is 19.2. The van der Waals surface area contributed by atoms with E-state index < -0.39 is 23.8 Å². The molecule has 3 aromatic carbocycles. The summed E-state index contributed by atoms with van der Waals surface area (Å²) in [5.41, 5.74) is 3.77. The van der Waals surface area contributed by atoms with E-state index in [9.17, 15) is 14.6 Å². The number of hydrogen-bond donors (Lipinski definition) is 2. The molecule has 0 radical (unpaired) electrons. The molecule has 2 aliphatic carbocycles. The maximum Gasteiger partial charge on any atom is 0.410 e. The Balaban J connectivity index is 1.31. The second-order valence-corrected chi connectivity index (χ2v) is 19.2. The maximum absolute atomic E-state index is 15.1. The Morgan fingerprint density at radius 1 is 0.871 bits per heavy atom. The lowest BCUT2D eigenvalue weighted by Crippen LogP contribution is -2.70. The number of fused-ring (bicyclic) bond motifs is 3. The van der Waals surface area contributed by atoms with E-state index in [0.717, 1.165) is 61.6 Å². The first-order valence-corrected chi connectivity index (χ1v) is 26.2. The predicted molar refractivity (Wildman–Crippen MR) is 269 cm³/mol. The third-order valence-corrected chi connectivity index (χ3v) is 14.4. The summed E-state index contributed by atoms with van der Waals surface area (Å²) in [6.45, 7) is 9.37. The smallest absolute Gasteiger partial charge is 0.410 e. The molecule has 2 heterocycles. The molecular formula is C57H77FN2O10. The third kappa shape index (κ3) is 13.0. The lowest BCUT2D eigenvalue weighted by atomic mass is 9.55. The first kappa shape index (κ1) is 52.7. The number of aliphatic hydroxyl groups excluding tert-OH is 2. The molecule has 1 saturated carbocycles. The van der Waals surface area contributed by atoms with Gasteiger partial charge in [-0.05, 0) is 98.4 Å². The van der Waals surface area contributed by atoms with Crippen LogP contribution in [0.15, 0.2) is 90.1 Å². The minimum atomic E-state index is -1.49. The zero-order valence-corrected chi connectivity index (χ0v) is 41.6. The summed E-state index contributed by atoms with van der Waals surface area (Å²) in [5, 5.41) is 24.9. The summed E-state index contributed by atoms with van der Waals surface area (Å²) in [4.78, 5) is 22.8. The van der Waals surface area contributed by atoms with Gasteiger partial charge in [-0.3, -0.25) is 4.90 Å². The molecule has 382 valence electrons. The van der Waals surface area contributed by atoms with Crippen molar-refractivity contribution in [3.05, 3.63) is 107 Å². The largest absolute Gasteiger partial charge is 0.489 e. The minimum Gasteiger partial charge on any atom is -0.489 e. The van der Waals surface area contributed by atoms with Crippen molar-refractivity contribution in [1.29, 1.82) is 0 Å². The lowest BCUT2D eigenvalue weighted by Gasteiger charge is -2.59. The lowest BCUT2D eigenvalue weighted by molar-refractivity contribution is -0.256. The van der Waals surface area contributed by atoms with Gasteiger partial charge in [0.1, 0.15) is 36.6 Å². The minimum absolute atomic E-state index is 0.00728. The van der Waals surface area contributed by atoms with Gasteiger partial charge in [-0.25, -0.2) is 9.18 Å². The van der Waals surface area contributed by atoms with Crippen LogP contribution in [0, 0.1) is 23.6 Å². The molecule has 6 atom stereocenters. The first-order chi connectivity index (χ1) is 34.3. The molecule has 0 saturated heterocycles. The molecule has 0 bridgehead atoms. The number of rotatable bonds is 30. The topological polar surface area (TPSA) is 138 Å². The number of benzene rings is 3. The number of amides is 1. The summed E-state index contributed by atoms with van der Waals surface area (Å²) in [6.07, 6.45) is 19.8. The van der Waals surface area contributed by atoms with Crippen molar-refractivity contribution in [3.8, 4) is 23.0 Å². The average molecular weight is 969 g/mol. The van der Waals surface area contributed by atoms with Crippen LogP contribution in [0.25, 0.3) is 0 Å². The quantitative estimate of drug-likeness (QED) is 0.0377. The van der Waals surface area contributed by atoms with E-state index in [1.807, 2.05) is 43.3 Å². The number of ether oxygens (including phenoxy) is 6. The molecule has 1 amide bonds. The van der Waals surface area contributed by atoms with Crippen LogP contribution in [-0.4, -0.2) is 78.6 Å². The van der Waals surface area contributed by atoms with Gasteiger partial charge in [-0.15, -0.1) is 6.58 Å². The number of oxime groups is 1. The Morgan fingerprint density at radius 3 is 2.34 bits per heavy atom. The highest BCUT2D eigenvalue weighted by atomic mass is 19.1. The van der Waals surface area contributed by atoms with E-state index in [1.165, 1.54) is 51.0 Å². The van der Waals surface area contributed by atoms with Gasteiger partial charge in [0.05, 0.1) is 24.8 Å². The monoisotopic (exact) mass is 969 g/mol. The van der Waals surface area contributed by atoms with Gasteiger partial charge in [0.15, 0.2) is 11.5 Å². The fourth-order valence-electron chi connectivity index (χ4n) is 11.0. The van der Waals surface area contributed by atoms with E-state index in [-0.39, 0.29) is 76.4 Å². The Hall–Kier alpha value is -5.11. The Morgan fingerprint density at radius 2 is 1.60 bits per heavy atom. The molecule has 3 aromatic rings. The van der Waals surface area contributed by atoms with Crippen LogP contribution in [0.2, 0.25) is 0 Å². The van der Waals surface area contributed by atoms with Crippen molar-refractivity contribution in [2.24, 2.45) is 22.9 Å². The van der Waals surface area contributed by atoms with Crippen molar-refractivity contribution in [3.63, 3.8) is 0 Å². The first-order valence-electron chi connectivity index (χ1n) is 26.2. The number of unbranched alkanes of at least 4 members (excludes halogenated alkanes) is 11. The normalized spacial score (nSPS) is 22.4. The second kappa shape index (κ2) is 26.9. The summed E-state index contributed by atoms with van der Waals surface area (Å²) >= 11 is 0. The van der Waals surface area contributed by atoms with Crippen molar-refractivity contribution in [1.82, 2.24) is 4.90 Å². The Bertz CT molecular complexity index is 2200. The molecule has 0 spiro atoms. The number of carbonyl (C=O) groups is 1. The summed E-state index contributed by atoms with van der Waals surface area (Å²) in [7, 11) is 0. The number of nitrogens with zero attached hydrogens (tertiary/aromatic N) is 2. The van der Waals surface area contributed by atoms with Crippen LogP contribution in [0.5, 0.6) is 23.0 Å². The molecule has 2 N–H and O–H groups in total. The molecule has 13 heteroatoms. The Labute approximate surface area is 415 Å². The molecule has 2 aliphatic heterocycles. The fourth-order valence-corrected chi connectivity index (χ4v) is 11.0. The van der Waals surface area contributed by atoms with Gasteiger partial charge in [0, 0.05) is 43.2 Å². The number of allylic oxidation sites excluding steroid dienone is 1. The number of carbonyl (C=O) groups excluding carboxylic acids is 1. The Kier molecular flexibility index (Phi) is 20.3. The molecule has 4 aliphatic rings. The van der Waals surface area contributed by atoms with Crippen LogP contribution in [0.1, 0.15) is 146 Å². The summed E-state index contributed by atoms with van der Waals surface area (Å²) < 4.78 is 53.6. The summed E-state index contributed by atoms with van der Waals surface area (Å²) in [6, 6.07) is 17.3.